The summed E-state index contributed by atoms with van der Waals surface area (Å²) in [4.78, 5) is 4.51. The molecule has 0 aromatic carbocycles. The van der Waals surface area contributed by atoms with E-state index in [2.05, 4.69) is 35.3 Å². The zero-order valence-electron chi connectivity index (χ0n) is 12.7. The highest BCUT2D eigenvalue weighted by Crippen LogP contribution is 2.22. The summed E-state index contributed by atoms with van der Waals surface area (Å²) in [5.74, 6) is 1.62. The normalized spacial score (nSPS) is 15.2. The van der Waals surface area contributed by atoms with Crippen LogP contribution < -0.4 is 9.80 Å². The molecule has 1 aliphatic rings. The van der Waals surface area contributed by atoms with Crippen molar-refractivity contribution >= 4 is 22.3 Å². The molecule has 0 aliphatic carbocycles. The van der Waals surface area contributed by atoms with Gasteiger partial charge in [0.25, 0.3) is 0 Å². The molecule has 0 saturated carbocycles. The summed E-state index contributed by atoms with van der Waals surface area (Å²) in [6.07, 6.45) is 3.58. The summed E-state index contributed by atoms with van der Waals surface area (Å²) in [5.41, 5.74) is 0. The lowest BCUT2D eigenvalue weighted by Gasteiger charge is -2.34. The zero-order valence-corrected chi connectivity index (χ0v) is 13.5. The number of aromatic nitrogens is 6. The van der Waals surface area contributed by atoms with E-state index in [0.717, 1.165) is 48.0 Å². The molecule has 1 aliphatic heterocycles. The second kappa shape index (κ2) is 5.92. The number of aryl methyl sites for hydroxylation is 1. The molecule has 4 heterocycles. The van der Waals surface area contributed by atoms with E-state index in [0.29, 0.717) is 0 Å². The molecule has 0 spiro atoms. The first kappa shape index (κ1) is 14.1. The number of nitrogens with zero attached hydrogens (tertiary/aromatic N) is 8. The van der Waals surface area contributed by atoms with Gasteiger partial charge in [0.2, 0.25) is 5.13 Å². The molecule has 3 aromatic rings. The van der Waals surface area contributed by atoms with Gasteiger partial charge < -0.3 is 9.80 Å². The van der Waals surface area contributed by atoms with Crippen LogP contribution in [0.2, 0.25) is 0 Å². The average molecular weight is 328 g/mol. The Morgan fingerprint density at radius 3 is 2.26 bits per heavy atom. The minimum Gasteiger partial charge on any atom is -0.352 e. The first-order valence-electron chi connectivity index (χ1n) is 7.43. The first-order chi connectivity index (χ1) is 11.3. The van der Waals surface area contributed by atoms with Crippen LogP contribution in [-0.4, -0.2) is 56.4 Å². The maximum absolute atomic E-state index is 4.33. The van der Waals surface area contributed by atoms with Crippen molar-refractivity contribution < 1.29 is 0 Å². The highest BCUT2D eigenvalue weighted by molar-refractivity contribution is 7.15. The summed E-state index contributed by atoms with van der Waals surface area (Å²) in [5, 5.41) is 23.0. The largest absolute Gasteiger partial charge is 0.352 e. The fourth-order valence-corrected chi connectivity index (χ4v) is 3.29. The van der Waals surface area contributed by atoms with Crippen LogP contribution in [0.4, 0.5) is 10.9 Å². The van der Waals surface area contributed by atoms with Crippen molar-refractivity contribution in [1.82, 2.24) is 30.2 Å². The number of hydrogen-bond acceptors (Lipinski definition) is 8. The van der Waals surface area contributed by atoms with Crippen LogP contribution in [0.15, 0.2) is 30.6 Å². The number of piperazine rings is 1. The molecule has 23 heavy (non-hydrogen) atoms. The Kier molecular flexibility index (Phi) is 3.62. The smallest absolute Gasteiger partial charge is 0.208 e. The second-order valence-electron chi connectivity index (χ2n) is 5.28. The quantitative estimate of drug-likeness (QED) is 0.714. The van der Waals surface area contributed by atoms with Gasteiger partial charge in [-0.1, -0.05) is 11.3 Å². The Bertz CT molecular complexity index is 758. The van der Waals surface area contributed by atoms with Crippen molar-refractivity contribution in [2.45, 2.75) is 6.92 Å². The molecule has 0 atom stereocenters. The van der Waals surface area contributed by atoms with Crippen molar-refractivity contribution in [2.75, 3.05) is 36.0 Å². The molecule has 3 aromatic heterocycles. The molecule has 0 unspecified atom stereocenters. The van der Waals surface area contributed by atoms with Crippen LogP contribution in [0.3, 0.4) is 0 Å². The topological polar surface area (TPSA) is 75.9 Å². The van der Waals surface area contributed by atoms with Gasteiger partial charge in [0.15, 0.2) is 11.6 Å². The SMILES string of the molecule is Cc1nnc(N2CCN(c3ccc(-n4cccn4)nn3)CC2)s1. The van der Waals surface area contributed by atoms with Crippen molar-refractivity contribution in [3.8, 4) is 5.82 Å². The van der Waals surface area contributed by atoms with Gasteiger partial charge in [0, 0.05) is 38.6 Å². The third-order valence-electron chi connectivity index (χ3n) is 3.77. The van der Waals surface area contributed by atoms with E-state index >= 15 is 0 Å². The predicted molar refractivity (Wildman–Crippen MR) is 88.2 cm³/mol. The Hall–Kier alpha value is -2.55. The number of anilines is 2. The van der Waals surface area contributed by atoms with E-state index < -0.39 is 0 Å². The minimum absolute atomic E-state index is 0.724. The number of hydrogen-bond donors (Lipinski definition) is 0. The van der Waals surface area contributed by atoms with Crippen LogP contribution in [0, 0.1) is 6.92 Å². The number of rotatable bonds is 3. The molecule has 118 valence electrons. The van der Waals surface area contributed by atoms with Crippen molar-refractivity contribution in [1.29, 1.82) is 0 Å². The van der Waals surface area contributed by atoms with Crippen LogP contribution in [0.25, 0.3) is 5.82 Å². The van der Waals surface area contributed by atoms with Gasteiger partial charge in [0.1, 0.15) is 5.01 Å². The molecule has 8 nitrogen and oxygen atoms in total. The van der Waals surface area contributed by atoms with Gasteiger partial charge in [-0.15, -0.1) is 20.4 Å². The summed E-state index contributed by atoms with van der Waals surface area (Å²) in [6.45, 7) is 5.60. The van der Waals surface area contributed by atoms with Crippen LogP contribution in [0.5, 0.6) is 0 Å². The van der Waals surface area contributed by atoms with E-state index in [1.807, 2.05) is 31.3 Å². The lowest BCUT2D eigenvalue weighted by Crippen LogP contribution is -2.46. The van der Waals surface area contributed by atoms with E-state index in [-0.39, 0.29) is 0 Å². The molecular formula is C14H16N8S. The van der Waals surface area contributed by atoms with Gasteiger partial charge >= 0.3 is 0 Å². The van der Waals surface area contributed by atoms with E-state index in [1.165, 1.54) is 0 Å². The maximum atomic E-state index is 4.33. The monoisotopic (exact) mass is 328 g/mol. The molecular weight excluding hydrogens is 312 g/mol. The molecule has 0 N–H and O–H groups in total. The summed E-state index contributed by atoms with van der Waals surface area (Å²) in [7, 11) is 0. The third kappa shape index (κ3) is 2.87. The summed E-state index contributed by atoms with van der Waals surface area (Å²) >= 11 is 1.64. The van der Waals surface area contributed by atoms with Crippen molar-refractivity contribution in [2.24, 2.45) is 0 Å². The van der Waals surface area contributed by atoms with Gasteiger partial charge in [0.05, 0.1) is 0 Å². The Labute approximate surface area is 137 Å². The average Bonchev–Trinajstić information content (AvgIpc) is 3.27. The molecule has 0 bridgehead atoms. The van der Waals surface area contributed by atoms with Crippen LogP contribution >= 0.6 is 11.3 Å². The standard InChI is InChI=1S/C14H16N8S/c1-11-16-19-14(23-11)21-9-7-20(8-10-21)12-3-4-13(18-17-12)22-6-2-5-15-22/h2-6H,7-10H2,1H3. The van der Waals surface area contributed by atoms with Crippen LogP contribution in [0.1, 0.15) is 5.01 Å². The van der Waals surface area contributed by atoms with E-state index in [9.17, 15) is 0 Å². The van der Waals surface area contributed by atoms with Crippen molar-refractivity contribution in [3.05, 3.63) is 35.6 Å². The predicted octanol–water partition coefficient (Wildman–Crippen LogP) is 1.15. The molecule has 9 heteroatoms. The molecule has 4 rings (SSSR count). The lowest BCUT2D eigenvalue weighted by molar-refractivity contribution is 0.638. The van der Waals surface area contributed by atoms with Gasteiger partial charge in [-0.25, -0.2) is 4.68 Å². The highest BCUT2D eigenvalue weighted by Gasteiger charge is 2.20. The van der Waals surface area contributed by atoms with Crippen molar-refractivity contribution in [3.63, 3.8) is 0 Å². The van der Waals surface area contributed by atoms with Gasteiger partial charge in [-0.05, 0) is 25.1 Å². The molecule has 0 amide bonds. The Balaban J connectivity index is 1.42. The van der Waals surface area contributed by atoms with Gasteiger partial charge in [-0.3, -0.25) is 0 Å². The van der Waals surface area contributed by atoms with Crippen LogP contribution in [-0.2, 0) is 0 Å². The molecule has 1 fully saturated rings. The second-order valence-corrected chi connectivity index (χ2v) is 6.44. The Morgan fingerprint density at radius 2 is 1.65 bits per heavy atom. The summed E-state index contributed by atoms with van der Waals surface area (Å²) in [6, 6.07) is 5.80. The third-order valence-corrected chi connectivity index (χ3v) is 4.66. The van der Waals surface area contributed by atoms with E-state index in [4.69, 9.17) is 0 Å². The molecule has 1 saturated heterocycles. The minimum atomic E-state index is 0.724. The van der Waals surface area contributed by atoms with Gasteiger partial charge in [-0.2, -0.15) is 5.10 Å². The fourth-order valence-electron chi connectivity index (χ4n) is 2.55. The van der Waals surface area contributed by atoms with E-state index in [1.54, 1.807) is 22.2 Å². The zero-order chi connectivity index (χ0) is 15.6. The first-order valence-corrected chi connectivity index (χ1v) is 8.25. The lowest BCUT2D eigenvalue weighted by atomic mass is 10.3. The molecule has 0 radical (unpaired) electrons. The maximum Gasteiger partial charge on any atom is 0.208 e. The summed E-state index contributed by atoms with van der Waals surface area (Å²) < 4.78 is 1.70. The fraction of sp³-hybridized carbons (Fsp3) is 0.357. The Morgan fingerprint density at radius 1 is 0.913 bits per heavy atom. The highest BCUT2D eigenvalue weighted by atomic mass is 32.1.